The summed E-state index contributed by atoms with van der Waals surface area (Å²) in [4.78, 5) is 12.8. The van der Waals surface area contributed by atoms with Gasteiger partial charge in [-0.05, 0) is 77.0 Å². The van der Waals surface area contributed by atoms with E-state index in [4.69, 9.17) is 18.9 Å². The number of rotatable bonds is 39. The first-order chi connectivity index (χ1) is 28.4. The van der Waals surface area contributed by atoms with Gasteiger partial charge in [-0.2, -0.15) is 0 Å². The fourth-order valence-electron chi connectivity index (χ4n) is 6.77. The quantitative estimate of drug-likeness (QED) is 0.0272. The number of aliphatic hydroxyl groups excluding tert-OH is 4. The molecule has 0 radical (unpaired) electrons. The number of carbonyl (C=O) groups is 1. The summed E-state index contributed by atoms with van der Waals surface area (Å²) in [5, 5.41) is 40.1. The van der Waals surface area contributed by atoms with Gasteiger partial charge in [0, 0.05) is 13.0 Å². The second-order valence-corrected chi connectivity index (χ2v) is 15.8. The van der Waals surface area contributed by atoms with Crippen LogP contribution < -0.4 is 0 Å². The molecule has 1 saturated heterocycles. The Morgan fingerprint density at radius 3 is 1.60 bits per heavy atom. The first-order valence-electron chi connectivity index (χ1n) is 23.4. The third kappa shape index (κ3) is 30.9. The third-order valence-corrected chi connectivity index (χ3v) is 10.4. The predicted molar refractivity (Wildman–Crippen MR) is 238 cm³/mol. The molecular formula is C49H86O9. The molecule has 1 aliphatic rings. The van der Waals surface area contributed by atoms with Gasteiger partial charge in [0.15, 0.2) is 6.29 Å². The molecule has 9 heteroatoms. The van der Waals surface area contributed by atoms with Gasteiger partial charge in [-0.15, -0.1) is 0 Å². The SMILES string of the molecule is CC/C=C\C/C=C\C/C=C\C/C=C\CCCCCCCCCCC(=O)OC(COCCCCCCCC/C=C\CCCCCC)COC1OC(CO)C(O)C(O)C1O. The summed E-state index contributed by atoms with van der Waals surface area (Å²) in [6.45, 7) is 4.41. The Morgan fingerprint density at radius 2 is 1.05 bits per heavy atom. The first kappa shape index (κ1) is 53.9. The van der Waals surface area contributed by atoms with E-state index in [2.05, 4.69) is 74.6 Å². The lowest BCUT2D eigenvalue weighted by molar-refractivity contribution is -0.305. The number of hydrogen-bond acceptors (Lipinski definition) is 9. The minimum absolute atomic E-state index is 0.121. The lowest BCUT2D eigenvalue weighted by atomic mass is 9.99. The van der Waals surface area contributed by atoms with Gasteiger partial charge >= 0.3 is 5.97 Å². The van der Waals surface area contributed by atoms with E-state index in [1.54, 1.807) is 0 Å². The molecule has 1 aliphatic heterocycles. The van der Waals surface area contributed by atoms with Gasteiger partial charge in [0.2, 0.25) is 0 Å². The fraction of sp³-hybridized carbons (Fsp3) is 0.776. The average molecular weight is 819 g/mol. The largest absolute Gasteiger partial charge is 0.457 e. The van der Waals surface area contributed by atoms with Crippen molar-refractivity contribution in [1.82, 2.24) is 0 Å². The van der Waals surface area contributed by atoms with Crippen molar-refractivity contribution < 1.29 is 44.2 Å². The summed E-state index contributed by atoms with van der Waals surface area (Å²) in [5.74, 6) is -0.326. The molecular weight excluding hydrogens is 733 g/mol. The maximum Gasteiger partial charge on any atom is 0.306 e. The maximum absolute atomic E-state index is 12.8. The minimum atomic E-state index is -1.54. The van der Waals surface area contributed by atoms with Crippen LogP contribution in [-0.4, -0.2) is 89.6 Å². The first-order valence-corrected chi connectivity index (χ1v) is 23.4. The van der Waals surface area contributed by atoms with Gasteiger partial charge in [-0.1, -0.05) is 158 Å². The Balaban J connectivity index is 2.25. The van der Waals surface area contributed by atoms with Gasteiger partial charge < -0.3 is 39.4 Å². The summed E-state index contributed by atoms with van der Waals surface area (Å²) < 4.78 is 22.8. The van der Waals surface area contributed by atoms with E-state index in [0.717, 1.165) is 77.0 Å². The number of aliphatic hydroxyl groups is 4. The number of hydrogen-bond donors (Lipinski definition) is 4. The molecule has 6 atom stereocenters. The summed E-state index contributed by atoms with van der Waals surface area (Å²) in [7, 11) is 0. The molecule has 58 heavy (non-hydrogen) atoms. The number of unbranched alkanes of at least 4 members (excludes halogenated alkanes) is 18. The van der Waals surface area contributed by atoms with E-state index in [-0.39, 0.29) is 19.2 Å². The van der Waals surface area contributed by atoms with Crippen LogP contribution >= 0.6 is 0 Å². The molecule has 0 aromatic heterocycles. The zero-order valence-corrected chi connectivity index (χ0v) is 36.8. The highest BCUT2D eigenvalue weighted by Crippen LogP contribution is 2.22. The van der Waals surface area contributed by atoms with Crippen molar-refractivity contribution in [1.29, 1.82) is 0 Å². The number of carbonyl (C=O) groups excluding carboxylic acids is 1. The van der Waals surface area contributed by atoms with Gasteiger partial charge in [0.1, 0.15) is 30.5 Å². The van der Waals surface area contributed by atoms with E-state index in [9.17, 15) is 25.2 Å². The molecule has 1 fully saturated rings. The van der Waals surface area contributed by atoms with E-state index < -0.39 is 43.4 Å². The number of ether oxygens (including phenoxy) is 4. The van der Waals surface area contributed by atoms with Crippen molar-refractivity contribution in [3.63, 3.8) is 0 Å². The molecule has 0 amide bonds. The molecule has 4 N–H and O–H groups in total. The lowest BCUT2D eigenvalue weighted by Gasteiger charge is -2.39. The highest BCUT2D eigenvalue weighted by Gasteiger charge is 2.44. The van der Waals surface area contributed by atoms with Crippen LogP contribution in [0.25, 0.3) is 0 Å². The van der Waals surface area contributed by atoms with E-state index >= 15 is 0 Å². The van der Waals surface area contributed by atoms with Gasteiger partial charge in [0.25, 0.3) is 0 Å². The normalized spacial score (nSPS) is 20.8. The minimum Gasteiger partial charge on any atom is -0.457 e. The molecule has 1 heterocycles. The molecule has 336 valence electrons. The summed E-state index contributed by atoms with van der Waals surface area (Å²) in [6.07, 6.45) is 43.8. The van der Waals surface area contributed by atoms with Crippen molar-refractivity contribution in [2.24, 2.45) is 0 Å². The Kier molecular flexibility index (Phi) is 37.5. The Hall–Kier alpha value is -2.11. The van der Waals surface area contributed by atoms with Crippen LogP contribution in [0.4, 0.5) is 0 Å². The van der Waals surface area contributed by atoms with Crippen molar-refractivity contribution in [3.05, 3.63) is 60.8 Å². The molecule has 0 aliphatic carbocycles. The zero-order chi connectivity index (χ0) is 42.2. The molecule has 9 nitrogen and oxygen atoms in total. The second-order valence-electron chi connectivity index (χ2n) is 15.8. The van der Waals surface area contributed by atoms with Crippen LogP contribution in [0, 0.1) is 0 Å². The molecule has 6 unspecified atom stereocenters. The standard InChI is InChI=1S/C49H86O9/c1-3-5-7-9-11-13-15-17-19-20-21-22-23-24-25-26-28-30-32-34-36-38-45(51)57-43(42-56-49-48(54)47(53)46(52)44(40-50)58-49)41-55-39-37-35-33-31-29-27-18-16-14-12-10-8-6-4-2/h5,7,11,13-14,16-17,19,21-22,43-44,46-50,52-54H,3-4,6,8-10,12,15,18,20,23-42H2,1-2H3/b7-5-,13-11-,16-14-,19-17-,22-21-. The smallest absolute Gasteiger partial charge is 0.306 e. The van der Waals surface area contributed by atoms with Gasteiger partial charge in [0.05, 0.1) is 19.8 Å². The summed E-state index contributed by atoms with van der Waals surface area (Å²) in [5.41, 5.74) is 0. The van der Waals surface area contributed by atoms with E-state index in [0.29, 0.717) is 13.0 Å². The second kappa shape index (κ2) is 40.3. The highest BCUT2D eigenvalue weighted by atomic mass is 16.7. The third-order valence-electron chi connectivity index (χ3n) is 10.4. The van der Waals surface area contributed by atoms with Crippen LogP contribution in [0.2, 0.25) is 0 Å². The summed E-state index contributed by atoms with van der Waals surface area (Å²) >= 11 is 0. The van der Waals surface area contributed by atoms with Crippen LogP contribution in [0.15, 0.2) is 60.8 Å². The predicted octanol–water partition coefficient (Wildman–Crippen LogP) is 10.7. The molecule has 1 rings (SSSR count). The van der Waals surface area contributed by atoms with Crippen molar-refractivity contribution in [3.8, 4) is 0 Å². The molecule has 0 saturated carbocycles. The maximum atomic E-state index is 12.8. The highest BCUT2D eigenvalue weighted by molar-refractivity contribution is 5.69. The van der Waals surface area contributed by atoms with Crippen molar-refractivity contribution in [2.45, 2.75) is 218 Å². The zero-order valence-electron chi connectivity index (χ0n) is 36.8. The monoisotopic (exact) mass is 819 g/mol. The lowest BCUT2D eigenvalue weighted by Crippen LogP contribution is -2.59. The molecule has 0 spiro atoms. The Labute approximate surface area is 354 Å². The topological polar surface area (TPSA) is 135 Å². The molecule has 0 bridgehead atoms. The van der Waals surface area contributed by atoms with Gasteiger partial charge in [-0.3, -0.25) is 4.79 Å². The van der Waals surface area contributed by atoms with Gasteiger partial charge in [-0.25, -0.2) is 0 Å². The van der Waals surface area contributed by atoms with Crippen LogP contribution in [0.3, 0.4) is 0 Å². The Morgan fingerprint density at radius 1 is 0.569 bits per heavy atom. The van der Waals surface area contributed by atoms with E-state index in [1.165, 1.54) is 83.5 Å². The van der Waals surface area contributed by atoms with E-state index in [1.807, 2.05) is 0 Å². The van der Waals surface area contributed by atoms with Crippen molar-refractivity contribution in [2.75, 3.05) is 26.4 Å². The molecule has 0 aromatic carbocycles. The van der Waals surface area contributed by atoms with Crippen LogP contribution in [0.5, 0.6) is 0 Å². The van der Waals surface area contributed by atoms with Crippen LogP contribution in [-0.2, 0) is 23.7 Å². The van der Waals surface area contributed by atoms with Crippen molar-refractivity contribution >= 4 is 5.97 Å². The van der Waals surface area contributed by atoms with Crippen LogP contribution in [0.1, 0.15) is 181 Å². The fourth-order valence-corrected chi connectivity index (χ4v) is 6.77. The number of allylic oxidation sites excluding steroid dienone is 10. The molecule has 0 aromatic rings. The Bertz CT molecular complexity index is 1070. The average Bonchev–Trinajstić information content (AvgIpc) is 3.22. The summed E-state index contributed by atoms with van der Waals surface area (Å²) in [6, 6.07) is 0. The number of esters is 1.